The smallest absolute Gasteiger partial charge is 0.0487 e. The van der Waals surface area contributed by atoms with Gasteiger partial charge in [-0.3, -0.25) is 0 Å². The molecule has 1 unspecified atom stereocenters. The van der Waals surface area contributed by atoms with Gasteiger partial charge in [-0.05, 0) is 28.2 Å². The van der Waals surface area contributed by atoms with Gasteiger partial charge in [0.2, 0.25) is 0 Å². The van der Waals surface area contributed by atoms with Gasteiger partial charge in [-0.1, -0.05) is 88.1 Å². The summed E-state index contributed by atoms with van der Waals surface area (Å²) in [6, 6.07) is 10.4. The molecule has 0 amide bonds. The molecule has 1 aromatic rings. The van der Waals surface area contributed by atoms with Crippen LogP contribution in [0, 0.1) is 11.3 Å². The Balaban J connectivity index is 2.01. The van der Waals surface area contributed by atoms with Gasteiger partial charge in [-0.15, -0.1) is 0 Å². The van der Waals surface area contributed by atoms with Crippen molar-refractivity contribution in [2.75, 3.05) is 0 Å². The van der Waals surface area contributed by atoms with Gasteiger partial charge in [-0.2, -0.15) is 0 Å². The van der Waals surface area contributed by atoms with Crippen LogP contribution in [0.4, 0.5) is 0 Å². The van der Waals surface area contributed by atoms with Crippen LogP contribution in [0.2, 0.25) is 25.7 Å². The molecule has 0 radical (unpaired) electrons. The van der Waals surface area contributed by atoms with Crippen molar-refractivity contribution < 1.29 is 0 Å². The molecule has 0 aromatic heterocycles. The van der Waals surface area contributed by atoms with E-state index in [0.717, 1.165) is 0 Å². The molecule has 2 aliphatic carbocycles. The van der Waals surface area contributed by atoms with Crippen molar-refractivity contribution in [1.29, 1.82) is 0 Å². The first-order valence-corrected chi connectivity index (χ1v) is 12.1. The number of hydrogen-bond donors (Lipinski definition) is 0. The topological polar surface area (TPSA) is 0 Å². The molecular weight excluding hydrogens is 280 g/mol. The van der Waals surface area contributed by atoms with Crippen LogP contribution in [0.1, 0.15) is 30.9 Å². The van der Waals surface area contributed by atoms with E-state index in [4.69, 9.17) is 0 Å². The van der Waals surface area contributed by atoms with E-state index < -0.39 is 8.07 Å². The average Bonchev–Trinajstić information content (AvgIpc) is 3.06. The van der Waals surface area contributed by atoms with E-state index in [9.17, 15) is 0 Å². The molecular formula is C21H28Si. The highest BCUT2D eigenvalue weighted by molar-refractivity contribution is 6.77. The second-order valence-corrected chi connectivity index (χ2v) is 14.1. The molecule has 0 bridgehead atoms. The maximum Gasteiger partial charge on any atom is 0.0487 e. The average molecular weight is 309 g/mol. The number of rotatable bonds is 4. The van der Waals surface area contributed by atoms with E-state index >= 15 is 0 Å². The van der Waals surface area contributed by atoms with E-state index in [-0.39, 0.29) is 5.41 Å². The summed E-state index contributed by atoms with van der Waals surface area (Å²) in [6.07, 6.45) is 11.7. The third-order valence-corrected chi connectivity index (χ3v) is 6.58. The summed E-state index contributed by atoms with van der Waals surface area (Å²) in [5.41, 5.74) is 4.86. The van der Waals surface area contributed by atoms with Crippen LogP contribution in [0.5, 0.6) is 0 Å². The first-order valence-electron chi connectivity index (χ1n) is 8.44. The Morgan fingerprint density at radius 1 is 1.00 bits per heavy atom. The second-order valence-electron chi connectivity index (χ2n) is 8.61. The highest BCUT2D eigenvalue weighted by Crippen LogP contribution is 2.52. The van der Waals surface area contributed by atoms with Gasteiger partial charge in [0.1, 0.15) is 0 Å². The lowest BCUT2D eigenvalue weighted by atomic mass is 9.68. The van der Waals surface area contributed by atoms with E-state index in [0.29, 0.717) is 11.8 Å². The minimum Gasteiger partial charge on any atom is -0.0771 e. The Hall–Kier alpha value is -1.34. The van der Waals surface area contributed by atoms with Crippen molar-refractivity contribution in [3.05, 3.63) is 65.8 Å². The summed E-state index contributed by atoms with van der Waals surface area (Å²) >= 11 is 0. The van der Waals surface area contributed by atoms with Crippen molar-refractivity contribution >= 4 is 13.6 Å². The van der Waals surface area contributed by atoms with Gasteiger partial charge in [-0.25, -0.2) is 0 Å². The van der Waals surface area contributed by atoms with Crippen LogP contribution in [-0.4, -0.2) is 8.07 Å². The number of fused-ring (bicyclic) bond motifs is 1. The summed E-state index contributed by atoms with van der Waals surface area (Å²) in [7, 11) is -1.11. The Bertz CT molecular complexity index is 641. The maximum absolute atomic E-state index is 2.59. The Morgan fingerprint density at radius 2 is 1.64 bits per heavy atom. The zero-order chi connectivity index (χ0) is 16.0. The van der Waals surface area contributed by atoms with Gasteiger partial charge >= 0.3 is 0 Å². The van der Waals surface area contributed by atoms with Gasteiger partial charge in [0.15, 0.2) is 0 Å². The first-order chi connectivity index (χ1) is 10.3. The molecule has 3 rings (SSSR count). The van der Waals surface area contributed by atoms with E-state index in [1.165, 1.54) is 17.2 Å². The lowest BCUT2D eigenvalue weighted by molar-refractivity contribution is 0.272. The molecule has 1 aromatic carbocycles. The van der Waals surface area contributed by atoms with Crippen LogP contribution >= 0.6 is 0 Å². The third-order valence-electron chi connectivity index (χ3n) is 5.14. The number of benzene rings is 1. The predicted molar refractivity (Wildman–Crippen MR) is 101 cm³/mol. The summed E-state index contributed by atoms with van der Waals surface area (Å²) < 4.78 is 0. The van der Waals surface area contributed by atoms with Gasteiger partial charge in [0.25, 0.3) is 0 Å². The van der Waals surface area contributed by atoms with E-state index in [2.05, 4.69) is 88.1 Å². The molecule has 1 atom stereocenters. The maximum atomic E-state index is 2.59. The zero-order valence-corrected chi connectivity index (χ0v) is 15.6. The Kier molecular flexibility index (Phi) is 3.80. The van der Waals surface area contributed by atoms with Gasteiger partial charge in [0.05, 0.1) is 0 Å². The summed E-state index contributed by atoms with van der Waals surface area (Å²) in [6.45, 7) is 12.3. The number of hydrogen-bond acceptors (Lipinski definition) is 0. The van der Waals surface area contributed by atoms with Gasteiger partial charge < -0.3 is 0 Å². The Morgan fingerprint density at radius 3 is 2.27 bits per heavy atom. The van der Waals surface area contributed by atoms with Crippen molar-refractivity contribution in [3.63, 3.8) is 0 Å². The minimum absolute atomic E-state index is 0.223. The molecule has 22 heavy (non-hydrogen) atoms. The quantitative estimate of drug-likeness (QED) is 0.575. The summed E-state index contributed by atoms with van der Waals surface area (Å²) in [4.78, 5) is 0. The first kappa shape index (κ1) is 15.5. The molecule has 2 aliphatic rings. The fraction of sp³-hybridized carbons (Fsp3) is 0.429. The highest BCUT2D eigenvalue weighted by Gasteiger charge is 2.39. The van der Waals surface area contributed by atoms with Crippen LogP contribution in [0.15, 0.2) is 54.6 Å². The molecule has 1 heteroatoms. The van der Waals surface area contributed by atoms with Crippen LogP contribution in [0.25, 0.3) is 5.57 Å². The molecule has 0 saturated heterocycles. The largest absolute Gasteiger partial charge is 0.0771 e. The van der Waals surface area contributed by atoms with Crippen molar-refractivity contribution in [3.8, 4) is 0 Å². The molecule has 0 nitrogen and oxygen atoms in total. The minimum atomic E-state index is -1.11. The molecule has 0 fully saturated rings. The SMILES string of the molecule is CC(C)(C1C=CC=C1)C1C=C(C[Si](C)(C)C)c2ccccc21. The molecule has 116 valence electrons. The standard InChI is InChI=1S/C21H28Si/c1-21(2,17-10-6-7-11-17)20-14-16(15-22(3,4)5)18-12-8-9-13-19(18)20/h6-14,17,20H,15H2,1-5H3. The third kappa shape index (κ3) is 2.79. The summed E-state index contributed by atoms with van der Waals surface area (Å²) in [5, 5.41) is 0. The fourth-order valence-electron chi connectivity index (χ4n) is 3.92. The molecule has 0 heterocycles. The van der Waals surface area contributed by atoms with Crippen molar-refractivity contribution in [1.82, 2.24) is 0 Å². The van der Waals surface area contributed by atoms with Crippen molar-refractivity contribution in [2.24, 2.45) is 11.3 Å². The normalized spacial score (nSPS) is 21.3. The van der Waals surface area contributed by atoms with Crippen LogP contribution in [-0.2, 0) is 0 Å². The van der Waals surface area contributed by atoms with Crippen molar-refractivity contribution in [2.45, 2.75) is 45.5 Å². The Labute approximate surface area is 136 Å². The second kappa shape index (κ2) is 5.38. The predicted octanol–water partition coefficient (Wildman–Crippen LogP) is 6.27. The molecule has 0 saturated carbocycles. The van der Waals surface area contributed by atoms with E-state index in [1.54, 1.807) is 5.57 Å². The molecule has 0 spiro atoms. The monoisotopic (exact) mass is 308 g/mol. The van der Waals surface area contributed by atoms with E-state index in [1.807, 2.05) is 0 Å². The lowest BCUT2D eigenvalue weighted by Crippen LogP contribution is -2.26. The molecule has 0 aliphatic heterocycles. The molecule has 0 N–H and O–H groups in total. The number of allylic oxidation sites excluding steroid dienone is 6. The highest BCUT2D eigenvalue weighted by atomic mass is 28.3. The zero-order valence-electron chi connectivity index (χ0n) is 14.6. The fourth-order valence-corrected chi connectivity index (χ4v) is 5.37. The van der Waals surface area contributed by atoms with Gasteiger partial charge in [0, 0.05) is 19.9 Å². The van der Waals surface area contributed by atoms with Crippen LogP contribution < -0.4 is 0 Å². The summed E-state index contributed by atoms with van der Waals surface area (Å²) in [5.74, 6) is 1.06. The van der Waals surface area contributed by atoms with Crippen LogP contribution in [0.3, 0.4) is 0 Å². The lowest BCUT2D eigenvalue weighted by Gasteiger charge is -2.35.